The number of hydrogen-bond donors (Lipinski definition) is 3. The highest BCUT2D eigenvalue weighted by Crippen LogP contribution is 2.19. The molecule has 0 saturated carbocycles. The van der Waals surface area contributed by atoms with Crippen LogP contribution in [0.1, 0.15) is 26.3 Å². The van der Waals surface area contributed by atoms with Gasteiger partial charge >= 0.3 is 0 Å². The van der Waals surface area contributed by atoms with Crippen LogP contribution in [0.3, 0.4) is 0 Å². The number of hydrazine groups is 1. The summed E-state index contributed by atoms with van der Waals surface area (Å²) in [6.07, 6.45) is 0. The summed E-state index contributed by atoms with van der Waals surface area (Å²) in [6.45, 7) is 1.77. The molecule has 3 N–H and O–H groups in total. The van der Waals surface area contributed by atoms with Crippen molar-refractivity contribution in [2.75, 3.05) is 4.72 Å². The van der Waals surface area contributed by atoms with Gasteiger partial charge in [0, 0.05) is 11.1 Å². The molecule has 0 aliphatic rings. The Labute approximate surface area is 173 Å². The van der Waals surface area contributed by atoms with Crippen LogP contribution in [-0.2, 0) is 10.0 Å². The van der Waals surface area contributed by atoms with Gasteiger partial charge in [0.2, 0.25) is 0 Å². The van der Waals surface area contributed by atoms with Gasteiger partial charge in [-0.05, 0) is 55.0 Å². The molecule has 0 atom stereocenters. The van der Waals surface area contributed by atoms with Gasteiger partial charge in [0.1, 0.15) is 5.82 Å². The van der Waals surface area contributed by atoms with E-state index < -0.39 is 27.7 Å². The summed E-state index contributed by atoms with van der Waals surface area (Å²) in [6, 6.07) is 17.3. The van der Waals surface area contributed by atoms with Crippen LogP contribution < -0.4 is 15.6 Å². The Morgan fingerprint density at radius 3 is 2.07 bits per heavy atom. The lowest BCUT2D eigenvalue weighted by molar-refractivity contribution is 0.0846. The first kappa shape index (κ1) is 21.0. The molecule has 0 heterocycles. The van der Waals surface area contributed by atoms with Crippen LogP contribution >= 0.6 is 0 Å². The second kappa shape index (κ2) is 8.75. The molecule has 3 aromatic rings. The highest BCUT2D eigenvalue weighted by atomic mass is 32.2. The quantitative estimate of drug-likeness (QED) is 0.545. The molecule has 3 aromatic carbocycles. The van der Waals surface area contributed by atoms with E-state index in [9.17, 15) is 22.4 Å². The van der Waals surface area contributed by atoms with Gasteiger partial charge in [0.25, 0.3) is 21.8 Å². The molecular weight excluding hydrogens is 409 g/mol. The Morgan fingerprint density at radius 1 is 0.800 bits per heavy atom. The molecule has 0 aliphatic heterocycles. The molecule has 0 unspecified atom stereocenters. The van der Waals surface area contributed by atoms with Gasteiger partial charge < -0.3 is 0 Å². The molecule has 3 rings (SSSR count). The minimum absolute atomic E-state index is 0.130. The van der Waals surface area contributed by atoms with Crippen LogP contribution in [0.2, 0.25) is 0 Å². The first-order valence-electron chi connectivity index (χ1n) is 8.81. The molecular formula is C21H18FN3O4S. The Morgan fingerprint density at radius 2 is 1.40 bits per heavy atom. The smallest absolute Gasteiger partial charge is 0.269 e. The van der Waals surface area contributed by atoms with Gasteiger partial charge in [0.05, 0.1) is 10.6 Å². The predicted molar refractivity (Wildman–Crippen MR) is 110 cm³/mol. The van der Waals surface area contributed by atoms with E-state index in [2.05, 4.69) is 15.6 Å². The van der Waals surface area contributed by atoms with Crippen LogP contribution in [0, 0.1) is 12.7 Å². The van der Waals surface area contributed by atoms with Gasteiger partial charge in [-0.15, -0.1) is 0 Å². The zero-order valence-corrected chi connectivity index (χ0v) is 16.7. The fourth-order valence-electron chi connectivity index (χ4n) is 2.61. The Balaban J connectivity index is 1.66. The van der Waals surface area contributed by atoms with Crippen molar-refractivity contribution in [3.05, 3.63) is 95.3 Å². The van der Waals surface area contributed by atoms with Gasteiger partial charge in [0.15, 0.2) is 0 Å². The van der Waals surface area contributed by atoms with Crippen LogP contribution in [0.4, 0.5) is 10.1 Å². The molecule has 30 heavy (non-hydrogen) atoms. The summed E-state index contributed by atoms with van der Waals surface area (Å²) in [7, 11) is -4.04. The third-order valence-corrected chi connectivity index (χ3v) is 5.61. The second-order valence-electron chi connectivity index (χ2n) is 6.33. The van der Waals surface area contributed by atoms with E-state index in [1.807, 2.05) is 0 Å². The topological polar surface area (TPSA) is 104 Å². The number of sulfonamides is 1. The van der Waals surface area contributed by atoms with E-state index >= 15 is 0 Å². The van der Waals surface area contributed by atoms with Crippen molar-refractivity contribution in [2.24, 2.45) is 0 Å². The minimum Gasteiger partial charge on any atom is -0.277 e. The Hall–Kier alpha value is -3.72. The Bertz CT molecular complexity index is 1190. The third-order valence-electron chi connectivity index (χ3n) is 4.22. The lowest BCUT2D eigenvalue weighted by Gasteiger charge is -2.11. The molecule has 0 saturated heterocycles. The van der Waals surface area contributed by atoms with Crippen LogP contribution in [0.25, 0.3) is 0 Å². The number of anilines is 1. The zero-order valence-electron chi connectivity index (χ0n) is 15.8. The number of halogens is 1. The summed E-state index contributed by atoms with van der Waals surface area (Å²) in [5.41, 5.74) is 5.70. The number of aryl methyl sites for hydroxylation is 1. The fourth-order valence-corrected chi connectivity index (χ4v) is 3.68. The SMILES string of the molecule is Cc1ccccc1C(=O)NNC(=O)c1ccc(S(=O)(=O)Nc2ccccc2F)cc1. The van der Waals surface area contributed by atoms with Crippen molar-refractivity contribution in [2.45, 2.75) is 11.8 Å². The number of carbonyl (C=O) groups is 2. The van der Waals surface area contributed by atoms with Crippen LogP contribution in [0.15, 0.2) is 77.7 Å². The standard InChI is InChI=1S/C21H18FN3O4S/c1-14-6-2-3-7-17(14)21(27)24-23-20(26)15-10-12-16(13-11-15)30(28,29)25-19-9-5-4-8-18(19)22/h2-13,25H,1H3,(H,23,26)(H,24,27). The number of carbonyl (C=O) groups excluding carboxylic acids is 2. The van der Waals surface area contributed by atoms with Gasteiger partial charge in [-0.2, -0.15) is 0 Å². The van der Waals surface area contributed by atoms with Gasteiger partial charge in [-0.3, -0.25) is 25.2 Å². The maximum absolute atomic E-state index is 13.7. The molecule has 154 valence electrons. The van der Waals surface area contributed by atoms with Crippen LogP contribution in [-0.4, -0.2) is 20.2 Å². The van der Waals surface area contributed by atoms with Crippen molar-refractivity contribution < 1.29 is 22.4 Å². The summed E-state index contributed by atoms with van der Waals surface area (Å²) in [5.74, 6) is -1.81. The lowest BCUT2D eigenvalue weighted by atomic mass is 10.1. The molecule has 7 nitrogen and oxygen atoms in total. The number of benzene rings is 3. The van der Waals surface area contributed by atoms with Crippen LogP contribution in [0.5, 0.6) is 0 Å². The highest BCUT2D eigenvalue weighted by Gasteiger charge is 2.17. The highest BCUT2D eigenvalue weighted by molar-refractivity contribution is 7.92. The average molecular weight is 427 g/mol. The summed E-state index contributed by atoms with van der Waals surface area (Å²) >= 11 is 0. The minimum atomic E-state index is -4.04. The first-order valence-corrected chi connectivity index (χ1v) is 10.3. The summed E-state index contributed by atoms with van der Waals surface area (Å²) < 4.78 is 40.7. The maximum atomic E-state index is 13.7. The maximum Gasteiger partial charge on any atom is 0.269 e. The van der Waals surface area contributed by atoms with Crippen molar-refractivity contribution in [1.29, 1.82) is 0 Å². The van der Waals surface area contributed by atoms with E-state index in [0.29, 0.717) is 5.56 Å². The number of rotatable bonds is 5. The molecule has 0 spiro atoms. The molecule has 0 fully saturated rings. The predicted octanol–water partition coefficient (Wildman–Crippen LogP) is 3.01. The zero-order chi connectivity index (χ0) is 21.7. The summed E-state index contributed by atoms with van der Waals surface area (Å²) in [4.78, 5) is 24.2. The van der Waals surface area contributed by atoms with Gasteiger partial charge in [-0.25, -0.2) is 12.8 Å². The van der Waals surface area contributed by atoms with E-state index in [4.69, 9.17) is 0 Å². The normalized spacial score (nSPS) is 10.9. The van der Waals surface area contributed by atoms with Crippen molar-refractivity contribution in [1.82, 2.24) is 10.9 Å². The second-order valence-corrected chi connectivity index (χ2v) is 8.02. The number of amides is 2. The van der Waals surface area contributed by atoms with E-state index in [-0.39, 0.29) is 16.1 Å². The monoisotopic (exact) mass is 427 g/mol. The molecule has 0 aromatic heterocycles. The molecule has 0 aliphatic carbocycles. The number of hydrogen-bond acceptors (Lipinski definition) is 4. The first-order chi connectivity index (χ1) is 14.3. The van der Waals surface area contributed by atoms with E-state index in [1.54, 1.807) is 31.2 Å². The van der Waals surface area contributed by atoms with E-state index in [1.165, 1.54) is 42.5 Å². The lowest BCUT2D eigenvalue weighted by Crippen LogP contribution is -2.41. The van der Waals surface area contributed by atoms with Gasteiger partial charge in [-0.1, -0.05) is 30.3 Å². The molecule has 0 bridgehead atoms. The molecule has 0 radical (unpaired) electrons. The average Bonchev–Trinajstić information content (AvgIpc) is 2.74. The fraction of sp³-hybridized carbons (Fsp3) is 0.0476. The van der Waals surface area contributed by atoms with E-state index in [0.717, 1.165) is 11.6 Å². The molecule has 2 amide bonds. The molecule has 9 heteroatoms. The summed E-state index contributed by atoms with van der Waals surface area (Å²) in [5, 5.41) is 0. The number of nitrogens with one attached hydrogen (secondary N) is 3. The largest absolute Gasteiger partial charge is 0.277 e. The third kappa shape index (κ3) is 4.81. The Kier molecular flexibility index (Phi) is 6.12. The van der Waals surface area contributed by atoms with Crippen molar-refractivity contribution in [3.8, 4) is 0 Å². The number of para-hydroxylation sites is 1. The van der Waals surface area contributed by atoms with Crippen molar-refractivity contribution >= 4 is 27.5 Å². The van der Waals surface area contributed by atoms with Crippen molar-refractivity contribution in [3.63, 3.8) is 0 Å².